The molecule has 1 aromatic heterocycles. The van der Waals surface area contributed by atoms with Crippen LogP contribution in [0.3, 0.4) is 0 Å². The SMILES string of the molecule is CCCCCCCCCCOc1cccc2c(OC(C)C)c(OC(=O)c3ccccc3)c(=O)oc12. The van der Waals surface area contributed by atoms with E-state index in [1.165, 1.54) is 38.5 Å². The first-order valence-electron chi connectivity index (χ1n) is 12.7. The van der Waals surface area contributed by atoms with Crippen LogP contribution in [0.1, 0.15) is 82.5 Å². The molecule has 0 fully saturated rings. The number of benzene rings is 2. The summed E-state index contributed by atoms with van der Waals surface area (Å²) >= 11 is 0. The molecule has 0 atom stereocenters. The number of ether oxygens (including phenoxy) is 3. The highest BCUT2D eigenvalue weighted by molar-refractivity contribution is 5.94. The number of rotatable bonds is 14. The summed E-state index contributed by atoms with van der Waals surface area (Å²) in [5, 5.41) is 0.516. The standard InChI is InChI=1S/C29H36O6/c1-4-5-6-7-8-9-10-14-20-32-24-19-15-18-23-25(24)34-29(31)27(26(23)33-21(2)3)35-28(30)22-16-12-11-13-17-22/h11-13,15-19,21H,4-10,14,20H2,1-3H3. The van der Waals surface area contributed by atoms with Crippen LogP contribution in [-0.2, 0) is 0 Å². The molecular formula is C29H36O6. The molecule has 35 heavy (non-hydrogen) atoms. The van der Waals surface area contributed by atoms with Gasteiger partial charge in [-0.1, -0.05) is 76.1 Å². The molecule has 0 aliphatic carbocycles. The second kappa shape index (κ2) is 13.6. The average molecular weight is 481 g/mol. The monoisotopic (exact) mass is 480 g/mol. The van der Waals surface area contributed by atoms with E-state index in [1.54, 1.807) is 48.5 Å². The van der Waals surface area contributed by atoms with Crippen molar-refractivity contribution in [2.75, 3.05) is 6.61 Å². The fourth-order valence-electron chi connectivity index (χ4n) is 3.85. The molecule has 0 spiro atoms. The Kier molecular flexibility index (Phi) is 10.2. The van der Waals surface area contributed by atoms with Crippen LogP contribution in [0.15, 0.2) is 57.7 Å². The van der Waals surface area contributed by atoms with E-state index in [-0.39, 0.29) is 23.2 Å². The Morgan fingerprint density at radius 2 is 1.54 bits per heavy atom. The van der Waals surface area contributed by atoms with E-state index >= 15 is 0 Å². The van der Waals surface area contributed by atoms with Crippen molar-refractivity contribution in [3.63, 3.8) is 0 Å². The third-order valence-electron chi connectivity index (χ3n) is 5.62. The van der Waals surface area contributed by atoms with Crippen LogP contribution in [0.4, 0.5) is 0 Å². The molecule has 6 heteroatoms. The van der Waals surface area contributed by atoms with E-state index < -0.39 is 11.6 Å². The summed E-state index contributed by atoms with van der Waals surface area (Å²) in [5.41, 5.74) is -0.183. The van der Waals surface area contributed by atoms with E-state index in [1.807, 2.05) is 13.8 Å². The molecule has 0 bridgehead atoms. The minimum atomic E-state index is -0.791. The molecule has 1 heterocycles. The number of carbonyl (C=O) groups excluding carboxylic acids is 1. The summed E-state index contributed by atoms with van der Waals surface area (Å²) in [6.07, 6.45) is 9.39. The minimum Gasteiger partial charge on any atom is -0.490 e. The molecule has 0 aliphatic heterocycles. The summed E-state index contributed by atoms with van der Waals surface area (Å²) in [6, 6.07) is 13.8. The lowest BCUT2D eigenvalue weighted by Crippen LogP contribution is -2.18. The molecule has 0 radical (unpaired) electrons. The van der Waals surface area contributed by atoms with E-state index in [0.717, 1.165) is 12.8 Å². The summed E-state index contributed by atoms with van der Waals surface area (Å²) in [7, 11) is 0. The Morgan fingerprint density at radius 3 is 2.23 bits per heavy atom. The van der Waals surface area contributed by atoms with Gasteiger partial charge in [0.1, 0.15) is 0 Å². The Balaban J connectivity index is 1.76. The zero-order chi connectivity index (χ0) is 25.0. The number of unbranched alkanes of at least 4 members (excludes halogenated alkanes) is 7. The molecular weight excluding hydrogens is 444 g/mol. The molecule has 0 aliphatic rings. The first kappa shape index (κ1) is 26.3. The van der Waals surface area contributed by atoms with Gasteiger partial charge in [-0.05, 0) is 44.5 Å². The molecule has 6 nitrogen and oxygen atoms in total. The molecule has 0 saturated heterocycles. The number of fused-ring (bicyclic) bond motifs is 1. The molecule has 188 valence electrons. The zero-order valence-corrected chi connectivity index (χ0v) is 21.0. The van der Waals surface area contributed by atoms with Crippen molar-refractivity contribution in [2.24, 2.45) is 0 Å². The normalized spacial score (nSPS) is 11.1. The summed E-state index contributed by atoms with van der Waals surface area (Å²) in [5.74, 6) is -0.279. The maximum atomic E-state index is 12.9. The molecule has 3 rings (SSSR count). The highest BCUT2D eigenvalue weighted by Gasteiger charge is 2.24. The first-order valence-corrected chi connectivity index (χ1v) is 12.7. The quantitative estimate of drug-likeness (QED) is 0.137. The van der Waals surface area contributed by atoms with Gasteiger partial charge in [0.2, 0.25) is 0 Å². The summed E-state index contributed by atoms with van der Waals surface area (Å²) in [6.45, 7) is 6.43. The second-order valence-corrected chi connectivity index (χ2v) is 8.93. The smallest absolute Gasteiger partial charge is 0.383 e. The van der Waals surface area contributed by atoms with Crippen LogP contribution >= 0.6 is 0 Å². The molecule has 0 unspecified atom stereocenters. The van der Waals surface area contributed by atoms with Crippen molar-refractivity contribution >= 4 is 16.9 Å². The van der Waals surface area contributed by atoms with Crippen LogP contribution in [-0.4, -0.2) is 18.7 Å². The average Bonchev–Trinajstić information content (AvgIpc) is 2.85. The number of esters is 1. The fourth-order valence-corrected chi connectivity index (χ4v) is 3.85. The zero-order valence-electron chi connectivity index (χ0n) is 21.0. The number of para-hydroxylation sites is 1. The van der Waals surface area contributed by atoms with Crippen molar-refractivity contribution < 1.29 is 23.4 Å². The van der Waals surface area contributed by atoms with Gasteiger partial charge in [0.05, 0.1) is 23.7 Å². The third kappa shape index (κ3) is 7.61. The maximum Gasteiger partial charge on any atom is 0.383 e. The fraction of sp³-hybridized carbons (Fsp3) is 0.448. The van der Waals surface area contributed by atoms with Crippen LogP contribution in [0.25, 0.3) is 11.0 Å². The van der Waals surface area contributed by atoms with Crippen LogP contribution in [0, 0.1) is 0 Å². The van der Waals surface area contributed by atoms with Crippen LogP contribution in [0.5, 0.6) is 17.2 Å². The van der Waals surface area contributed by atoms with Crippen molar-refractivity contribution in [3.8, 4) is 17.2 Å². The van der Waals surface area contributed by atoms with Crippen molar-refractivity contribution in [3.05, 3.63) is 64.5 Å². The Hall–Kier alpha value is -3.28. The number of carbonyl (C=O) groups is 1. The van der Waals surface area contributed by atoms with E-state index in [4.69, 9.17) is 18.6 Å². The Labute approximate surface area is 207 Å². The predicted octanol–water partition coefficient (Wildman–Crippen LogP) is 7.32. The maximum absolute atomic E-state index is 12.9. The van der Waals surface area contributed by atoms with Crippen molar-refractivity contribution in [1.29, 1.82) is 0 Å². The Morgan fingerprint density at radius 1 is 0.857 bits per heavy atom. The van der Waals surface area contributed by atoms with Gasteiger partial charge in [0, 0.05) is 0 Å². The van der Waals surface area contributed by atoms with Gasteiger partial charge in [0.15, 0.2) is 17.1 Å². The first-order chi connectivity index (χ1) is 17.0. The molecule has 2 aromatic carbocycles. The molecule has 0 saturated carbocycles. The lowest BCUT2D eigenvalue weighted by molar-refractivity contribution is 0.0718. The lowest BCUT2D eigenvalue weighted by Gasteiger charge is -2.16. The van der Waals surface area contributed by atoms with Gasteiger partial charge in [0.25, 0.3) is 5.75 Å². The van der Waals surface area contributed by atoms with Crippen LogP contribution < -0.4 is 19.8 Å². The van der Waals surface area contributed by atoms with E-state index in [2.05, 4.69) is 6.92 Å². The molecule has 0 amide bonds. The van der Waals surface area contributed by atoms with E-state index in [9.17, 15) is 9.59 Å². The minimum absolute atomic E-state index is 0.174. The van der Waals surface area contributed by atoms with Gasteiger partial charge in [-0.15, -0.1) is 0 Å². The van der Waals surface area contributed by atoms with Crippen molar-refractivity contribution in [1.82, 2.24) is 0 Å². The van der Waals surface area contributed by atoms with Gasteiger partial charge in [-0.3, -0.25) is 0 Å². The Bertz CT molecular complexity index is 1130. The van der Waals surface area contributed by atoms with Gasteiger partial charge in [-0.25, -0.2) is 9.59 Å². The predicted molar refractivity (Wildman–Crippen MR) is 138 cm³/mol. The van der Waals surface area contributed by atoms with Crippen LogP contribution in [0.2, 0.25) is 0 Å². The van der Waals surface area contributed by atoms with Gasteiger partial charge >= 0.3 is 11.6 Å². The lowest BCUT2D eigenvalue weighted by atomic mass is 10.1. The molecule has 3 aromatic rings. The van der Waals surface area contributed by atoms with Crippen molar-refractivity contribution in [2.45, 2.75) is 78.2 Å². The van der Waals surface area contributed by atoms with Gasteiger partial charge in [-0.2, -0.15) is 0 Å². The number of hydrogen-bond acceptors (Lipinski definition) is 6. The number of hydrogen-bond donors (Lipinski definition) is 0. The summed E-state index contributed by atoms with van der Waals surface area (Å²) < 4.78 is 22.9. The highest BCUT2D eigenvalue weighted by Crippen LogP contribution is 2.37. The topological polar surface area (TPSA) is 75.0 Å². The molecule has 0 N–H and O–H groups in total. The second-order valence-electron chi connectivity index (χ2n) is 8.93. The largest absolute Gasteiger partial charge is 0.490 e. The third-order valence-corrected chi connectivity index (χ3v) is 5.62. The van der Waals surface area contributed by atoms with Gasteiger partial charge < -0.3 is 18.6 Å². The van der Waals surface area contributed by atoms with E-state index in [0.29, 0.717) is 23.3 Å². The summed E-state index contributed by atoms with van der Waals surface area (Å²) in [4.78, 5) is 25.5. The highest BCUT2D eigenvalue weighted by atomic mass is 16.6.